The molecule has 1 aliphatic heterocycles. The Morgan fingerprint density at radius 2 is 2.00 bits per heavy atom. The van der Waals surface area contributed by atoms with Crippen LogP contribution < -0.4 is 5.69 Å². The first-order chi connectivity index (χ1) is 12.0. The number of fused-ring (bicyclic) bond motifs is 2. The quantitative estimate of drug-likeness (QED) is 0.737. The van der Waals surface area contributed by atoms with Crippen molar-refractivity contribution < 1.29 is 13.6 Å². The number of imidazole rings is 1. The topological polar surface area (TPSA) is 58.1 Å². The van der Waals surface area contributed by atoms with Crippen LogP contribution in [0.5, 0.6) is 0 Å². The van der Waals surface area contributed by atoms with Gasteiger partial charge in [-0.05, 0) is 36.2 Å². The van der Waals surface area contributed by atoms with Crippen LogP contribution in [0.4, 0.5) is 8.78 Å². The summed E-state index contributed by atoms with van der Waals surface area (Å²) in [6.07, 6.45) is 0.475. The predicted molar refractivity (Wildman–Crippen MR) is 88.3 cm³/mol. The number of carbonyl (C=O) groups excluding carboxylic acids is 1. The molecule has 0 unspecified atom stereocenters. The van der Waals surface area contributed by atoms with Gasteiger partial charge in [-0.3, -0.25) is 9.36 Å². The second kappa shape index (κ2) is 5.54. The molecule has 7 heteroatoms. The Hall–Kier alpha value is -2.96. The molecule has 5 nitrogen and oxygen atoms in total. The highest BCUT2D eigenvalue weighted by Crippen LogP contribution is 2.25. The van der Waals surface area contributed by atoms with Crippen molar-refractivity contribution in [1.82, 2.24) is 14.5 Å². The largest absolute Gasteiger partial charge is 0.334 e. The monoisotopic (exact) mass is 343 g/mol. The van der Waals surface area contributed by atoms with E-state index < -0.39 is 11.6 Å². The summed E-state index contributed by atoms with van der Waals surface area (Å²) in [5, 5.41) is 0. The van der Waals surface area contributed by atoms with E-state index in [4.69, 9.17) is 0 Å². The number of hydrogen-bond donors (Lipinski definition) is 1. The smallest absolute Gasteiger partial charge is 0.326 e. The van der Waals surface area contributed by atoms with Gasteiger partial charge >= 0.3 is 5.69 Å². The van der Waals surface area contributed by atoms with Gasteiger partial charge in [-0.15, -0.1) is 0 Å². The molecule has 0 radical (unpaired) electrons. The zero-order valence-electron chi connectivity index (χ0n) is 13.5. The Morgan fingerprint density at radius 3 is 2.80 bits per heavy atom. The number of rotatable bonds is 1. The first kappa shape index (κ1) is 15.6. The summed E-state index contributed by atoms with van der Waals surface area (Å²) in [5.41, 5.74) is 2.35. The van der Waals surface area contributed by atoms with E-state index >= 15 is 0 Å². The Morgan fingerprint density at radius 1 is 1.20 bits per heavy atom. The first-order valence-electron chi connectivity index (χ1n) is 7.89. The van der Waals surface area contributed by atoms with Gasteiger partial charge in [0.1, 0.15) is 0 Å². The van der Waals surface area contributed by atoms with Crippen molar-refractivity contribution >= 4 is 16.9 Å². The number of aromatic amines is 1. The number of H-pyrrole nitrogens is 1. The van der Waals surface area contributed by atoms with Crippen molar-refractivity contribution in [2.24, 2.45) is 7.05 Å². The van der Waals surface area contributed by atoms with Crippen LogP contribution in [0.3, 0.4) is 0 Å². The van der Waals surface area contributed by atoms with Gasteiger partial charge in [0.2, 0.25) is 0 Å². The second-order valence-corrected chi connectivity index (χ2v) is 6.20. The Labute approximate surface area is 141 Å². The molecule has 0 fully saturated rings. The van der Waals surface area contributed by atoms with Crippen LogP contribution in [0.25, 0.3) is 11.0 Å². The van der Waals surface area contributed by atoms with Crippen LogP contribution in [-0.2, 0) is 20.0 Å². The van der Waals surface area contributed by atoms with Gasteiger partial charge in [-0.25, -0.2) is 13.6 Å². The van der Waals surface area contributed by atoms with Gasteiger partial charge in [-0.1, -0.05) is 6.07 Å². The van der Waals surface area contributed by atoms with Gasteiger partial charge in [0, 0.05) is 31.3 Å². The molecule has 1 aromatic heterocycles. The van der Waals surface area contributed by atoms with E-state index in [0.717, 1.165) is 11.6 Å². The lowest BCUT2D eigenvalue weighted by Gasteiger charge is -2.29. The van der Waals surface area contributed by atoms with Crippen molar-refractivity contribution in [1.29, 1.82) is 0 Å². The predicted octanol–water partition coefficient (Wildman–Crippen LogP) is 2.34. The molecular formula is C18H15F2N3O2. The molecule has 0 saturated carbocycles. The normalized spacial score (nSPS) is 14.0. The van der Waals surface area contributed by atoms with Crippen molar-refractivity contribution in [3.05, 3.63) is 69.1 Å². The number of amides is 1. The molecule has 1 aliphatic rings. The summed E-state index contributed by atoms with van der Waals surface area (Å²) in [5.74, 6) is -2.07. The fourth-order valence-corrected chi connectivity index (χ4v) is 3.29. The Balaban J connectivity index is 1.67. The molecule has 2 aromatic carbocycles. The molecular weight excluding hydrogens is 328 g/mol. The van der Waals surface area contributed by atoms with E-state index in [2.05, 4.69) is 4.98 Å². The maximum Gasteiger partial charge on any atom is 0.326 e. The van der Waals surface area contributed by atoms with E-state index in [-0.39, 0.29) is 23.7 Å². The molecule has 0 saturated heterocycles. The van der Waals surface area contributed by atoms with Crippen molar-refractivity contribution in [3.8, 4) is 0 Å². The fraction of sp³-hybridized carbons (Fsp3) is 0.222. The molecule has 0 spiro atoms. The standard InChI is InChI=1S/C18H15F2N3O2/c1-22-15-5-3-11(8-14(15)21-18(22)25)17(24)23-7-6-10-2-4-13(19)16(20)12(10)9-23/h2-5,8H,6-7,9H2,1H3,(H,21,25). The number of nitrogens with one attached hydrogen (secondary N) is 1. The van der Waals surface area contributed by atoms with Crippen LogP contribution in [0.15, 0.2) is 35.1 Å². The van der Waals surface area contributed by atoms with E-state index in [1.807, 2.05) is 0 Å². The number of nitrogens with zero attached hydrogens (tertiary/aromatic N) is 2. The number of aryl methyl sites for hydroxylation is 1. The summed E-state index contributed by atoms with van der Waals surface area (Å²) in [6, 6.07) is 7.62. The third-order valence-electron chi connectivity index (χ3n) is 4.73. The highest BCUT2D eigenvalue weighted by atomic mass is 19.2. The molecule has 0 bridgehead atoms. The van der Waals surface area contributed by atoms with E-state index in [0.29, 0.717) is 29.6 Å². The van der Waals surface area contributed by atoms with Crippen molar-refractivity contribution in [2.75, 3.05) is 6.54 Å². The van der Waals surface area contributed by atoms with Crippen LogP contribution in [-0.4, -0.2) is 26.9 Å². The summed E-state index contributed by atoms with van der Waals surface area (Å²) >= 11 is 0. The lowest BCUT2D eigenvalue weighted by molar-refractivity contribution is 0.0732. The number of benzene rings is 2. The molecule has 4 rings (SSSR count). The molecule has 2 heterocycles. The Bertz CT molecular complexity index is 1070. The molecule has 0 atom stereocenters. The van der Waals surface area contributed by atoms with Crippen LogP contribution in [0.2, 0.25) is 0 Å². The SMILES string of the molecule is Cn1c(=O)[nH]c2cc(C(=O)N3CCc4ccc(F)c(F)c4C3)ccc21. The maximum absolute atomic E-state index is 14.0. The minimum Gasteiger partial charge on any atom is -0.334 e. The molecule has 0 aliphatic carbocycles. The summed E-state index contributed by atoms with van der Waals surface area (Å²) in [4.78, 5) is 28.6. The van der Waals surface area contributed by atoms with Crippen molar-refractivity contribution in [3.63, 3.8) is 0 Å². The second-order valence-electron chi connectivity index (χ2n) is 6.20. The maximum atomic E-state index is 14.0. The van der Waals surface area contributed by atoms with Gasteiger partial charge in [0.05, 0.1) is 11.0 Å². The number of carbonyl (C=O) groups is 1. The van der Waals surface area contributed by atoms with Gasteiger partial charge in [0.25, 0.3) is 5.91 Å². The lowest BCUT2D eigenvalue weighted by Crippen LogP contribution is -2.36. The van der Waals surface area contributed by atoms with Gasteiger partial charge < -0.3 is 9.88 Å². The van der Waals surface area contributed by atoms with Crippen LogP contribution in [0.1, 0.15) is 21.5 Å². The third kappa shape index (κ3) is 2.43. The van der Waals surface area contributed by atoms with E-state index in [1.54, 1.807) is 31.3 Å². The van der Waals surface area contributed by atoms with Gasteiger partial charge in [-0.2, -0.15) is 0 Å². The molecule has 25 heavy (non-hydrogen) atoms. The molecule has 3 aromatic rings. The number of aromatic nitrogens is 2. The average molecular weight is 343 g/mol. The minimum absolute atomic E-state index is 0.0289. The highest BCUT2D eigenvalue weighted by Gasteiger charge is 2.25. The molecule has 1 amide bonds. The third-order valence-corrected chi connectivity index (χ3v) is 4.73. The van der Waals surface area contributed by atoms with E-state index in [1.165, 1.54) is 9.47 Å². The first-order valence-corrected chi connectivity index (χ1v) is 7.89. The Kier molecular flexibility index (Phi) is 3.45. The van der Waals surface area contributed by atoms with Crippen LogP contribution in [0, 0.1) is 11.6 Å². The van der Waals surface area contributed by atoms with Crippen LogP contribution >= 0.6 is 0 Å². The highest BCUT2D eigenvalue weighted by molar-refractivity contribution is 5.97. The van der Waals surface area contributed by atoms with Crippen molar-refractivity contribution in [2.45, 2.75) is 13.0 Å². The minimum atomic E-state index is -0.906. The lowest BCUT2D eigenvalue weighted by atomic mass is 9.98. The zero-order valence-corrected chi connectivity index (χ0v) is 13.5. The zero-order chi connectivity index (χ0) is 17.7. The average Bonchev–Trinajstić information content (AvgIpc) is 2.91. The van der Waals surface area contributed by atoms with Gasteiger partial charge in [0.15, 0.2) is 11.6 Å². The summed E-state index contributed by atoms with van der Waals surface area (Å²) in [6.45, 7) is 0.460. The summed E-state index contributed by atoms with van der Waals surface area (Å²) in [7, 11) is 1.64. The number of halogens is 2. The fourth-order valence-electron chi connectivity index (χ4n) is 3.29. The summed E-state index contributed by atoms with van der Waals surface area (Å²) < 4.78 is 28.9. The number of hydrogen-bond acceptors (Lipinski definition) is 2. The molecule has 128 valence electrons. The van der Waals surface area contributed by atoms with E-state index in [9.17, 15) is 18.4 Å². The molecule has 1 N–H and O–H groups in total.